The Morgan fingerprint density at radius 3 is 1.95 bits per heavy atom. The fourth-order valence-electron chi connectivity index (χ4n) is 1.36. The lowest BCUT2D eigenvalue weighted by Crippen LogP contribution is -2.41. The van der Waals surface area contributed by atoms with Crippen molar-refractivity contribution in [3.63, 3.8) is 0 Å². The zero-order valence-corrected chi connectivity index (χ0v) is 13.3. The van der Waals surface area contributed by atoms with Crippen molar-refractivity contribution in [1.82, 2.24) is 5.32 Å². The number of carboxylic acids is 2. The summed E-state index contributed by atoms with van der Waals surface area (Å²) in [5, 5.41) is 19.5. The molecule has 0 aliphatic heterocycles. The number of Topliss-reactive ketones (excluding diaryl/α,β-unsaturated/α-hetero) is 1. The highest BCUT2D eigenvalue weighted by Gasteiger charge is 2.24. The minimum atomic E-state index is -1.11. The number of carbonyl (C=O) groups excluding carboxylic acids is 2. The summed E-state index contributed by atoms with van der Waals surface area (Å²) in [6.07, 6.45) is -0.544. The molecule has 2 atom stereocenters. The number of nitrogens with one attached hydrogen (secondary N) is 1. The van der Waals surface area contributed by atoms with Crippen LogP contribution in [0, 0.1) is 5.92 Å². The molecule has 0 fully saturated rings. The quantitative estimate of drug-likeness (QED) is 0.588. The van der Waals surface area contributed by atoms with E-state index in [4.69, 9.17) is 10.2 Å². The van der Waals surface area contributed by atoms with Crippen molar-refractivity contribution in [2.24, 2.45) is 5.92 Å². The van der Waals surface area contributed by atoms with Gasteiger partial charge in [-0.15, -0.1) is 0 Å². The Hall–Kier alpha value is -1.22. The Kier molecular flexibility index (Phi) is 13.8. The Morgan fingerprint density at radius 2 is 1.60 bits per heavy atom. The van der Waals surface area contributed by atoms with Gasteiger partial charge in [0.15, 0.2) is 5.78 Å². The minimum Gasteiger partial charge on any atom is -0.481 e. The third kappa shape index (κ3) is 10.7. The maximum atomic E-state index is 11.7. The summed E-state index contributed by atoms with van der Waals surface area (Å²) in [6.45, 7) is 2.59. The molecule has 0 heterocycles. The first-order chi connectivity index (χ1) is 8.23. The van der Waals surface area contributed by atoms with E-state index in [1.54, 1.807) is 0 Å². The average Bonchev–Trinajstić information content (AvgIpc) is 2.22. The van der Waals surface area contributed by atoms with Crippen molar-refractivity contribution in [3.8, 4) is 0 Å². The molecule has 0 aromatic carbocycles. The van der Waals surface area contributed by atoms with Crippen molar-refractivity contribution in [3.05, 3.63) is 0 Å². The van der Waals surface area contributed by atoms with E-state index in [1.165, 1.54) is 13.8 Å². The van der Waals surface area contributed by atoms with Crippen LogP contribution in [0.4, 0.5) is 0 Å². The van der Waals surface area contributed by atoms with E-state index in [0.29, 0.717) is 0 Å². The second-order valence-electron chi connectivity index (χ2n) is 4.10. The summed E-state index contributed by atoms with van der Waals surface area (Å²) in [4.78, 5) is 43.7. The van der Waals surface area contributed by atoms with Gasteiger partial charge in [0.2, 0.25) is 5.91 Å². The standard InChI is InChI=1S/C11H17NO6.2H2S/c1-6(11(17)18)5-9(14)8(12-7(2)13)3-4-10(15)16;;/h6,8H,3-5H2,1-2H3,(H,12,13)(H,15,16)(H,17,18);2*1H2/t6-,8+;;/m1../s1. The molecule has 0 aliphatic rings. The molecule has 9 heteroatoms. The predicted molar refractivity (Wildman–Crippen MR) is 81.7 cm³/mol. The van der Waals surface area contributed by atoms with Gasteiger partial charge in [0.1, 0.15) is 0 Å². The zero-order valence-electron chi connectivity index (χ0n) is 11.3. The predicted octanol–water partition coefficient (Wildman–Crippen LogP) is 0.261. The van der Waals surface area contributed by atoms with Crippen molar-refractivity contribution in [2.45, 2.75) is 39.2 Å². The summed E-state index contributed by atoms with van der Waals surface area (Å²) in [5.74, 6) is -3.98. The smallest absolute Gasteiger partial charge is 0.306 e. The molecule has 20 heavy (non-hydrogen) atoms. The maximum absolute atomic E-state index is 11.7. The Bertz CT molecular complexity index is 361. The molecule has 0 rings (SSSR count). The molecular weight excluding hydrogens is 306 g/mol. The number of rotatable bonds is 8. The van der Waals surface area contributed by atoms with Crippen LogP contribution in [0.1, 0.15) is 33.1 Å². The number of amides is 1. The van der Waals surface area contributed by atoms with E-state index in [0.717, 1.165) is 0 Å². The highest BCUT2D eigenvalue weighted by Crippen LogP contribution is 2.09. The average molecular weight is 327 g/mol. The second-order valence-corrected chi connectivity index (χ2v) is 4.10. The topological polar surface area (TPSA) is 121 Å². The van der Waals surface area contributed by atoms with Crippen molar-refractivity contribution < 1.29 is 29.4 Å². The summed E-state index contributed by atoms with van der Waals surface area (Å²) >= 11 is 0. The molecule has 0 unspecified atom stereocenters. The lowest BCUT2D eigenvalue weighted by molar-refractivity contribution is -0.143. The number of hydrogen-bond donors (Lipinski definition) is 3. The van der Waals surface area contributed by atoms with Crippen LogP contribution >= 0.6 is 27.0 Å². The third-order valence-electron chi connectivity index (χ3n) is 2.34. The summed E-state index contributed by atoms with van der Waals surface area (Å²) < 4.78 is 0. The first-order valence-electron chi connectivity index (χ1n) is 5.48. The summed E-state index contributed by atoms with van der Waals surface area (Å²) in [6, 6.07) is -0.944. The maximum Gasteiger partial charge on any atom is 0.306 e. The Balaban J connectivity index is -0.00000144. The molecule has 118 valence electrons. The zero-order chi connectivity index (χ0) is 14.3. The molecule has 0 aliphatic carbocycles. The van der Waals surface area contributed by atoms with Crippen LogP contribution < -0.4 is 5.32 Å². The van der Waals surface area contributed by atoms with Crippen LogP contribution in [-0.4, -0.2) is 39.9 Å². The van der Waals surface area contributed by atoms with Gasteiger partial charge in [-0.25, -0.2) is 0 Å². The fraction of sp³-hybridized carbons (Fsp3) is 0.636. The van der Waals surface area contributed by atoms with Gasteiger partial charge >= 0.3 is 11.9 Å². The molecule has 0 bridgehead atoms. The second kappa shape index (κ2) is 11.6. The van der Waals surface area contributed by atoms with E-state index < -0.39 is 35.6 Å². The third-order valence-corrected chi connectivity index (χ3v) is 2.34. The lowest BCUT2D eigenvalue weighted by Gasteiger charge is -2.16. The van der Waals surface area contributed by atoms with Crippen LogP contribution in [0.5, 0.6) is 0 Å². The number of ketones is 1. The molecule has 1 amide bonds. The minimum absolute atomic E-state index is 0. The molecule has 0 aromatic rings. The van der Waals surface area contributed by atoms with Crippen LogP contribution in [0.3, 0.4) is 0 Å². The molecule has 0 aromatic heterocycles. The monoisotopic (exact) mass is 327 g/mol. The number of hydrogen-bond acceptors (Lipinski definition) is 4. The van der Waals surface area contributed by atoms with Crippen molar-refractivity contribution >= 4 is 50.6 Å². The fourth-order valence-corrected chi connectivity index (χ4v) is 1.36. The molecule has 7 nitrogen and oxygen atoms in total. The van der Waals surface area contributed by atoms with E-state index in [-0.39, 0.29) is 46.3 Å². The van der Waals surface area contributed by atoms with Crippen LogP contribution in [0.15, 0.2) is 0 Å². The Morgan fingerprint density at radius 1 is 1.10 bits per heavy atom. The number of carbonyl (C=O) groups is 4. The van der Waals surface area contributed by atoms with E-state index in [9.17, 15) is 19.2 Å². The van der Waals surface area contributed by atoms with E-state index >= 15 is 0 Å². The molecule has 0 saturated heterocycles. The van der Waals surface area contributed by atoms with Gasteiger partial charge in [0.05, 0.1) is 12.0 Å². The molecular formula is C11H21NO6S2. The van der Waals surface area contributed by atoms with Crippen LogP contribution in [0.2, 0.25) is 0 Å². The summed E-state index contributed by atoms with van der Waals surface area (Å²) in [7, 11) is 0. The largest absolute Gasteiger partial charge is 0.481 e. The number of aliphatic carboxylic acids is 2. The SMILES string of the molecule is CC(=O)N[C@@H](CCC(=O)O)C(=O)C[C@@H](C)C(=O)O.S.S. The van der Waals surface area contributed by atoms with Gasteiger partial charge in [-0.2, -0.15) is 27.0 Å². The van der Waals surface area contributed by atoms with Gasteiger partial charge in [-0.1, -0.05) is 6.92 Å². The van der Waals surface area contributed by atoms with Gasteiger partial charge < -0.3 is 15.5 Å². The van der Waals surface area contributed by atoms with E-state index in [2.05, 4.69) is 5.32 Å². The van der Waals surface area contributed by atoms with Crippen molar-refractivity contribution in [2.75, 3.05) is 0 Å². The van der Waals surface area contributed by atoms with Crippen LogP contribution in [-0.2, 0) is 19.2 Å². The van der Waals surface area contributed by atoms with Crippen LogP contribution in [0.25, 0.3) is 0 Å². The first kappa shape index (κ1) is 23.8. The lowest BCUT2D eigenvalue weighted by atomic mass is 9.97. The molecule has 0 radical (unpaired) electrons. The van der Waals surface area contributed by atoms with Crippen molar-refractivity contribution in [1.29, 1.82) is 0 Å². The van der Waals surface area contributed by atoms with Gasteiger partial charge in [-0.05, 0) is 6.42 Å². The highest BCUT2D eigenvalue weighted by atomic mass is 32.1. The number of carboxylic acid groups (broad SMARTS) is 2. The summed E-state index contributed by atoms with van der Waals surface area (Å²) in [5.41, 5.74) is 0. The molecule has 0 saturated carbocycles. The molecule has 3 N–H and O–H groups in total. The Labute approximate surface area is 131 Å². The highest BCUT2D eigenvalue weighted by molar-refractivity contribution is 7.59. The van der Waals surface area contributed by atoms with E-state index in [1.807, 2.05) is 0 Å². The van der Waals surface area contributed by atoms with Gasteiger partial charge in [-0.3, -0.25) is 19.2 Å². The normalized spacial score (nSPS) is 12.1. The van der Waals surface area contributed by atoms with Gasteiger partial charge in [0, 0.05) is 19.8 Å². The van der Waals surface area contributed by atoms with Gasteiger partial charge in [0.25, 0.3) is 0 Å². The molecule has 0 spiro atoms. The first-order valence-corrected chi connectivity index (χ1v) is 5.48.